The number of nitrogens with zero attached hydrogens (tertiary/aromatic N) is 3. The van der Waals surface area contributed by atoms with E-state index < -0.39 is 11.7 Å². The topological polar surface area (TPSA) is 59.8 Å². The normalized spacial score (nSPS) is 13.9. The van der Waals surface area contributed by atoms with E-state index in [0.29, 0.717) is 22.8 Å². The van der Waals surface area contributed by atoms with Gasteiger partial charge in [0.1, 0.15) is 10.8 Å². The van der Waals surface area contributed by atoms with Crippen LogP contribution in [-0.2, 0) is 36.9 Å². The molecule has 1 aliphatic heterocycles. The Hall–Kier alpha value is -2.68. The standard InChI is InChI=1S/C20H19F3N4OS/c21-20(22,23)14-6-4-13(5-7-14)19-26-15(12-29-19)9-18(28)24-10-16-11-27-8-2-1-3-17(27)25-16/h4-7,11-12H,1-3,8-10H2,(H,24,28). The summed E-state index contributed by atoms with van der Waals surface area (Å²) in [6.45, 7) is 1.34. The Balaban J connectivity index is 1.33. The van der Waals surface area contributed by atoms with E-state index in [1.165, 1.54) is 23.5 Å². The van der Waals surface area contributed by atoms with Gasteiger partial charge in [-0.1, -0.05) is 12.1 Å². The van der Waals surface area contributed by atoms with E-state index in [9.17, 15) is 18.0 Å². The van der Waals surface area contributed by atoms with Gasteiger partial charge in [-0.15, -0.1) is 11.3 Å². The molecule has 9 heteroatoms. The quantitative estimate of drug-likeness (QED) is 0.672. The van der Waals surface area contributed by atoms with Crippen LogP contribution in [-0.4, -0.2) is 20.4 Å². The van der Waals surface area contributed by atoms with Crippen LogP contribution in [0.2, 0.25) is 0 Å². The molecule has 1 amide bonds. The number of carbonyl (C=O) groups is 1. The fourth-order valence-electron chi connectivity index (χ4n) is 3.30. The highest BCUT2D eigenvalue weighted by Crippen LogP contribution is 2.31. The average Bonchev–Trinajstić information content (AvgIpc) is 3.32. The Kier molecular flexibility index (Phi) is 5.40. The van der Waals surface area contributed by atoms with Crippen LogP contribution in [0.4, 0.5) is 13.2 Å². The number of benzene rings is 1. The minimum atomic E-state index is -4.36. The second-order valence-electron chi connectivity index (χ2n) is 6.97. The summed E-state index contributed by atoms with van der Waals surface area (Å²) in [7, 11) is 0. The summed E-state index contributed by atoms with van der Waals surface area (Å²) in [6.07, 6.45) is 1.01. The fraction of sp³-hybridized carbons (Fsp3) is 0.350. The van der Waals surface area contributed by atoms with Crippen LogP contribution >= 0.6 is 11.3 Å². The number of nitrogens with one attached hydrogen (secondary N) is 1. The van der Waals surface area contributed by atoms with E-state index in [1.807, 2.05) is 6.20 Å². The van der Waals surface area contributed by atoms with Gasteiger partial charge in [0, 0.05) is 30.1 Å². The number of imidazole rings is 1. The molecule has 152 valence electrons. The van der Waals surface area contributed by atoms with Crippen molar-refractivity contribution >= 4 is 17.2 Å². The fourth-order valence-corrected chi connectivity index (χ4v) is 4.12. The third kappa shape index (κ3) is 4.67. The molecule has 0 fully saturated rings. The van der Waals surface area contributed by atoms with Crippen LogP contribution in [0.1, 0.15) is 35.6 Å². The molecule has 29 heavy (non-hydrogen) atoms. The predicted octanol–water partition coefficient (Wildman–Crippen LogP) is 4.22. The van der Waals surface area contributed by atoms with Gasteiger partial charge in [0.15, 0.2) is 0 Å². The van der Waals surface area contributed by atoms with Crippen molar-refractivity contribution in [2.45, 2.75) is 44.9 Å². The molecule has 0 aliphatic carbocycles. The zero-order chi connectivity index (χ0) is 20.4. The number of aryl methyl sites for hydroxylation is 2. The van der Waals surface area contributed by atoms with Crippen molar-refractivity contribution in [1.29, 1.82) is 0 Å². The molecule has 0 unspecified atom stereocenters. The van der Waals surface area contributed by atoms with Crippen molar-refractivity contribution < 1.29 is 18.0 Å². The molecule has 0 saturated heterocycles. The first-order valence-corrected chi connectivity index (χ1v) is 10.2. The summed E-state index contributed by atoms with van der Waals surface area (Å²) in [6, 6.07) is 4.86. The molecule has 3 heterocycles. The second-order valence-corrected chi connectivity index (χ2v) is 7.83. The lowest BCUT2D eigenvalue weighted by molar-refractivity contribution is -0.137. The van der Waals surface area contributed by atoms with Gasteiger partial charge in [0.05, 0.1) is 29.9 Å². The molecular weight excluding hydrogens is 401 g/mol. The summed E-state index contributed by atoms with van der Waals surface area (Å²) in [4.78, 5) is 21.2. The first-order chi connectivity index (χ1) is 13.9. The summed E-state index contributed by atoms with van der Waals surface area (Å²) in [5.41, 5.74) is 1.34. The van der Waals surface area contributed by atoms with Crippen molar-refractivity contribution in [3.63, 3.8) is 0 Å². The summed E-state index contributed by atoms with van der Waals surface area (Å²) < 4.78 is 40.1. The summed E-state index contributed by atoms with van der Waals surface area (Å²) in [5, 5.41) is 5.19. The van der Waals surface area contributed by atoms with E-state index in [0.717, 1.165) is 49.5 Å². The van der Waals surface area contributed by atoms with Gasteiger partial charge in [0.2, 0.25) is 5.91 Å². The number of rotatable bonds is 5. The number of hydrogen-bond donors (Lipinski definition) is 1. The Labute approximate surface area is 169 Å². The second kappa shape index (κ2) is 7.98. The average molecular weight is 420 g/mol. The van der Waals surface area contributed by atoms with Crippen LogP contribution in [0.3, 0.4) is 0 Å². The molecule has 0 saturated carbocycles. The van der Waals surface area contributed by atoms with E-state index in [4.69, 9.17) is 0 Å². The first-order valence-electron chi connectivity index (χ1n) is 9.32. The first kappa shape index (κ1) is 19.6. The van der Waals surface area contributed by atoms with Gasteiger partial charge >= 0.3 is 6.18 Å². The number of alkyl halides is 3. The van der Waals surface area contributed by atoms with Crippen LogP contribution in [0.25, 0.3) is 10.6 Å². The SMILES string of the molecule is O=C(Cc1csc(-c2ccc(C(F)(F)F)cc2)n1)NCc1cn2c(n1)CCCC2. The highest BCUT2D eigenvalue weighted by atomic mass is 32.1. The Morgan fingerprint density at radius 3 is 2.66 bits per heavy atom. The van der Waals surface area contributed by atoms with Crippen LogP contribution in [0, 0.1) is 0 Å². The highest BCUT2D eigenvalue weighted by Gasteiger charge is 2.30. The van der Waals surface area contributed by atoms with Crippen molar-refractivity contribution in [2.24, 2.45) is 0 Å². The van der Waals surface area contributed by atoms with Gasteiger partial charge < -0.3 is 9.88 Å². The van der Waals surface area contributed by atoms with Crippen LogP contribution < -0.4 is 5.32 Å². The minimum Gasteiger partial charge on any atom is -0.350 e. The Morgan fingerprint density at radius 2 is 1.93 bits per heavy atom. The largest absolute Gasteiger partial charge is 0.416 e. The summed E-state index contributed by atoms with van der Waals surface area (Å²) >= 11 is 1.30. The predicted molar refractivity (Wildman–Crippen MR) is 103 cm³/mol. The lowest BCUT2D eigenvalue weighted by Gasteiger charge is -2.11. The van der Waals surface area contributed by atoms with Crippen molar-refractivity contribution in [2.75, 3.05) is 0 Å². The zero-order valence-electron chi connectivity index (χ0n) is 15.5. The van der Waals surface area contributed by atoms with E-state index in [2.05, 4.69) is 19.9 Å². The van der Waals surface area contributed by atoms with Gasteiger partial charge in [-0.2, -0.15) is 13.2 Å². The van der Waals surface area contributed by atoms with Crippen molar-refractivity contribution in [1.82, 2.24) is 19.9 Å². The molecule has 5 nitrogen and oxygen atoms in total. The molecule has 0 bridgehead atoms. The molecular formula is C20H19F3N4OS. The molecule has 4 rings (SSSR count). The number of hydrogen-bond acceptors (Lipinski definition) is 4. The van der Waals surface area contributed by atoms with Crippen molar-refractivity contribution in [3.8, 4) is 10.6 Å². The number of aromatic nitrogens is 3. The molecule has 0 atom stereocenters. The molecule has 3 aromatic rings. The lowest BCUT2D eigenvalue weighted by Crippen LogP contribution is -2.24. The molecule has 2 aromatic heterocycles. The molecule has 1 aromatic carbocycles. The molecule has 0 spiro atoms. The number of thiazole rings is 1. The third-order valence-electron chi connectivity index (χ3n) is 4.78. The lowest BCUT2D eigenvalue weighted by atomic mass is 10.1. The monoisotopic (exact) mass is 420 g/mol. The highest BCUT2D eigenvalue weighted by molar-refractivity contribution is 7.13. The maximum absolute atomic E-state index is 12.7. The molecule has 0 radical (unpaired) electrons. The summed E-state index contributed by atoms with van der Waals surface area (Å²) in [5.74, 6) is 0.904. The molecule has 1 aliphatic rings. The van der Waals surface area contributed by atoms with Gasteiger partial charge in [-0.3, -0.25) is 4.79 Å². The third-order valence-corrected chi connectivity index (χ3v) is 5.72. The van der Waals surface area contributed by atoms with E-state index in [-0.39, 0.29) is 12.3 Å². The number of fused-ring (bicyclic) bond motifs is 1. The molecule has 1 N–H and O–H groups in total. The van der Waals surface area contributed by atoms with E-state index in [1.54, 1.807) is 5.38 Å². The zero-order valence-corrected chi connectivity index (χ0v) is 16.3. The maximum atomic E-state index is 12.7. The van der Waals surface area contributed by atoms with Gasteiger partial charge in [0.25, 0.3) is 0 Å². The van der Waals surface area contributed by atoms with E-state index >= 15 is 0 Å². The number of halogens is 3. The van der Waals surface area contributed by atoms with Gasteiger partial charge in [-0.05, 0) is 25.0 Å². The number of amides is 1. The van der Waals surface area contributed by atoms with Gasteiger partial charge in [-0.25, -0.2) is 9.97 Å². The minimum absolute atomic E-state index is 0.116. The smallest absolute Gasteiger partial charge is 0.350 e. The number of carbonyl (C=O) groups excluding carboxylic acids is 1. The Bertz CT molecular complexity index is 984. The van der Waals surface area contributed by atoms with Crippen LogP contribution in [0.15, 0.2) is 35.8 Å². The van der Waals surface area contributed by atoms with Crippen molar-refractivity contribution in [3.05, 3.63) is 58.6 Å². The Morgan fingerprint density at radius 1 is 1.14 bits per heavy atom. The van der Waals surface area contributed by atoms with Crippen LogP contribution in [0.5, 0.6) is 0 Å². The maximum Gasteiger partial charge on any atom is 0.416 e.